The maximum absolute atomic E-state index is 5.87. The van der Waals surface area contributed by atoms with Crippen molar-refractivity contribution in [3.63, 3.8) is 0 Å². The molecule has 0 aromatic rings. The van der Waals surface area contributed by atoms with E-state index in [9.17, 15) is 0 Å². The Morgan fingerprint density at radius 1 is 1.38 bits per heavy atom. The highest BCUT2D eigenvalue weighted by atomic mass is 15.2. The predicted octanol–water partition coefficient (Wildman–Crippen LogP) is 1.23. The summed E-state index contributed by atoms with van der Waals surface area (Å²) < 4.78 is 0. The molecule has 0 amide bonds. The van der Waals surface area contributed by atoms with Gasteiger partial charge in [0.15, 0.2) is 0 Å². The second-order valence-corrected chi connectivity index (χ2v) is 4.73. The van der Waals surface area contributed by atoms with Crippen LogP contribution in [0.1, 0.15) is 20.3 Å². The topological polar surface area (TPSA) is 29.3 Å². The van der Waals surface area contributed by atoms with Crippen molar-refractivity contribution >= 4 is 0 Å². The summed E-state index contributed by atoms with van der Waals surface area (Å²) in [5, 5.41) is 0. The minimum absolute atomic E-state index is 0.541. The van der Waals surface area contributed by atoms with Crippen LogP contribution >= 0.6 is 0 Å². The Balaban J connectivity index is 1.66. The van der Waals surface area contributed by atoms with Crippen molar-refractivity contribution < 1.29 is 0 Å². The lowest BCUT2D eigenvalue weighted by Crippen LogP contribution is -2.28. The Bertz CT molecular complexity index is 206. The molecule has 2 N–H and O–H groups in total. The van der Waals surface area contributed by atoms with Crippen LogP contribution in [0.15, 0.2) is 11.6 Å². The Hall–Kier alpha value is -0.340. The Kier molecular flexibility index (Phi) is 2.43. The summed E-state index contributed by atoms with van der Waals surface area (Å²) in [6.07, 6.45) is 3.53. The molecule has 1 saturated heterocycles. The summed E-state index contributed by atoms with van der Waals surface area (Å²) in [7, 11) is 0. The van der Waals surface area contributed by atoms with Crippen molar-refractivity contribution in [2.75, 3.05) is 19.6 Å². The zero-order valence-electron chi connectivity index (χ0n) is 8.66. The maximum Gasteiger partial charge on any atom is 0.0127 e. The molecule has 0 bridgehead atoms. The van der Waals surface area contributed by atoms with Crippen molar-refractivity contribution in [3.8, 4) is 0 Å². The van der Waals surface area contributed by atoms with Crippen LogP contribution in [0.2, 0.25) is 0 Å². The fourth-order valence-corrected chi connectivity index (χ4v) is 2.38. The number of likely N-dealkylation sites (tertiary alicyclic amines) is 1. The van der Waals surface area contributed by atoms with Crippen molar-refractivity contribution in [1.29, 1.82) is 0 Å². The van der Waals surface area contributed by atoms with Gasteiger partial charge in [-0.15, -0.1) is 0 Å². The van der Waals surface area contributed by atoms with Crippen molar-refractivity contribution in [3.05, 3.63) is 11.6 Å². The van der Waals surface area contributed by atoms with Crippen LogP contribution in [0.25, 0.3) is 0 Å². The van der Waals surface area contributed by atoms with Gasteiger partial charge in [0.1, 0.15) is 0 Å². The van der Waals surface area contributed by atoms with Crippen LogP contribution in [-0.2, 0) is 0 Å². The Morgan fingerprint density at radius 2 is 2.00 bits per heavy atom. The molecule has 1 unspecified atom stereocenters. The number of nitrogens with two attached hydrogens (primary N) is 1. The maximum atomic E-state index is 5.87. The lowest BCUT2D eigenvalue weighted by molar-refractivity contribution is 0.303. The van der Waals surface area contributed by atoms with Crippen LogP contribution in [0.3, 0.4) is 0 Å². The molecule has 0 aromatic heterocycles. The van der Waals surface area contributed by atoms with E-state index in [1.165, 1.54) is 31.6 Å². The molecule has 0 radical (unpaired) electrons. The van der Waals surface area contributed by atoms with Crippen LogP contribution in [0, 0.1) is 11.8 Å². The lowest BCUT2D eigenvalue weighted by atomic mass is 10.2. The SMILES string of the molecule is CC(C)=CCCN1C[C@@H]2C(N)[C@@H]2C1. The molecule has 74 valence electrons. The van der Waals surface area contributed by atoms with Gasteiger partial charge in [0.25, 0.3) is 0 Å². The van der Waals surface area contributed by atoms with E-state index in [4.69, 9.17) is 5.73 Å². The van der Waals surface area contributed by atoms with Crippen molar-refractivity contribution in [1.82, 2.24) is 4.90 Å². The number of rotatable bonds is 3. The van der Waals surface area contributed by atoms with Gasteiger partial charge in [0, 0.05) is 25.7 Å². The summed E-state index contributed by atoms with van der Waals surface area (Å²) in [6, 6.07) is 0.541. The van der Waals surface area contributed by atoms with Gasteiger partial charge >= 0.3 is 0 Å². The molecule has 2 fully saturated rings. The van der Waals surface area contributed by atoms with Gasteiger partial charge < -0.3 is 10.6 Å². The van der Waals surface area contributed by atoms with E-state index in [2.05, 4.69) is 24.8 Å². The predicted molar refractivity (Wildman–Crippen MR) is 55.4 cm³/mol. The van der Waals surface area contributed by atoms with E-state index in [1.54, 1.807) is 0 Å². The van der Waals surface area contributed by atoms with Crippen molar-refractivity contribution in [2.24, 2.45) is 17.6 Å². The number of piperidine rings is 1. The molecular weight excluding hydrogens is 160 g/mol. The molecule has 13 heavy (non-hydrogen) atoms. The monoisotopic (exact) mass is 180 g/mol. The minimum atomic E-state index is 0.541. The average Bonchev–Trinajstić information content (AvgIpc) is 2.53. The third-order valence-corrected chi connectivity index (χ3v) is 3.33. The molecule has 2 aliphatic rings. The van der Waals surface area contributed by atoms with E-state index in [0.717, 1.165) is 11.8 Å². The minimum Gasteiger partial charge on any atom is -0.327 e. The second-order valence-electron chi connectivity index (χ2n) is 4.73. The molecule has 2 heteroatoms. The third-order valence-electron chi connectivity index (χ3n) is 3.33. The summed E-state index contributed by atoms with van der Waals surface area (Å²) in [5.41, 5.74) is 7.30. The van der Waals surface area contributed by atoms with Crippen LogP contribution in [0.5, 0.6) is 0 Å². The highest BCUT2D eigenvalue weighted by Gasteiger charge is 2.53. The van der Waals surface area contributed by atoms with Crippen LogP contribution in [-0.4, -0.2) is 30.6 Å². The summed E-state index contributed by atoms with van der Waals surface area (Å²) >= 11 is 0. The van der Waals surface area contributed by atoms with Crippen molar-refractivity contribution in [2.45, 2.75) is 26.3 Å². The number of hydrogen-bond donors (Lipinski definition) is 1. The molecule has 1 aliphatic carbocycles. The molecule has 0 spiro atoms. The highest BCUT2D eigenvalue weighted by molar-refractivity contribution is 5.08. The molecule has 0 aromatic carbocycles. The van der Waals surface area contributed by atoms with E-state index in [0.29, 0.717) is 6.04 Å². The van der Waals surface area contributed by atoms with E-state index < -0.39 is 0 Å². The van der Waals surface area contributed by atoms with Crippen LogP contribution in [0.4, 0.5) is 0 Å². The zero-order valence-corrected chi connectivity index (χ0v) is 8.66. The van der Waals surface area contributed by atoms with Gasteiger partial charge in [-0.2, -0.15) is 0 Å². The van der Waals surface area contributed by atoms with Gasteiger partial charge in [-0.05, 0) is 32.1 Å². The molecule has 2 rings (SSSR count). The number of hydrogen-bond acceptors (Lipinski definition) is 2. The van der Waals surface area contributed by atoms with Gasteiger partial charge in [-0.25, -0.2) is 0 Å². The van der Waals surface area contributed by atoms with Crippen LogP contribution < -0.4 is 5.73 Å². The molecule has 1 heterocycles. The molecular formula is C11H20N2. The molecule has 3 atom stereocenters. The molecule has 2 nitrogen and oxygen atoms in total. The van der Waals surface area contributed by atoms with E-state index >= 15 is 0 Å². The summed E-state index contributed by atoms with van der Waals surface area (Å²) in [6.45, 7) is 8.06. The quantitative estimate of drug-likeness (QED) is 0.662. The lowest BCUT2D eigenvalue weighted by Gasteiger charge is -2.17. The normalized spacial score (nSPS) is 37.3. The summed E-state index contributed by atoms with van der Waals surface area (Å²) in [5.74, 6) is 1.68. The smallest absolute Gasteiger partial charge is 0.0127 e. The number of fused-ring (bicyclic) bond motifs is 1. The largest absolute Gasteiger partial charge is 0.327 e. The summed E-state index contributed by atoms with van der Waals surface area (Å²) in [4.78, 5) is 2.55. The fourth-order valence-electron chi connectivity index (χ4n) is 2.38. The average molecular weight is 180 g/mol. The molecule has 1 aliphatic heterocycles. The van der Waals surface area contributed by atoms with Gasteiger partial charge in [0.05, 0.1) is 0 Å². The fraction of sp³-hybridized carbons (Fsp3) is 0.818. The second kappa shape index (κ2) is 3.43. The highest BCUT2D eigenvalue weighted by Crippen LogP contribution is 2.43. The van der Waals surface area contributed by atoms with Gasteiger partial charge in [-0.3, -0.25) is 0 Å². The zero-order chi connectivity index (χ0) is 9.42. The molecule has 1 saturated carbocycles. The van der Waals surface area contributed by atoms with E-state index in [1.807, 2.05) is 0 Å². The first kappa shape index (κ1) is 9.22. The standard InChI is InChI=1S/C11H20N2/c1-8(2)4-3-5-13-6-9-10(7-13)11(9)12/h4,9-11H,3,5-7,12H2,1-2H3/t9-,10+,11?. The first-order chi connectivity index (χ1) is 6.18. The number of nitrogens with zero attached hydrogens (tertiary/aromatic N) is 1. The van der Waals surface area contributed by atoms with E-state index in [-0.39, 0.29) is 0 Å². The number of allylic oxidation sites excluding steroid dienone is 1. The third kappa shape index (κ3) is 1.94. The first-order valence-electron chi connectivity index (χ1n) is 5.30. The Morgan fingerprint density at radius 3 is 2.54 bits per heavy atom. The van der Waals surface area contributed by atoms with Gasteiger partial charge in [-0.1, -0.05) is 11.6 Å². The Labute approximate surface area is 80.8 Å². The first-order valence-corrected chi connectivity index (χ1v) is 5.30. The van der Waals surface area contributed by atoms with Gasteiger partial charge in [0.2, 0.25) is 0 Å².